The lowest BCUT2D eigenvalue weighted by atomic mass is 10.0. The molecule has 2 aromatic carbocycles. The molecule has 0 saturated heterocycles. The minimum Gasteiger partial charge on any atom is -0.456 e. The monoisotopic (exact) mass is 285 g/mol. The molecule has 20 heavy (non-hydrogen) atoms. The van der Waals surface area contributed by atoms with Gasteiger partial charge in [-0.1, -0.05) is 41.9 Å². The van der Waals surface area contributed by atoms with Crippen molar-refractivity contribution in [1.29, 1.82) is 0 Å². The Morgan fingerprint density at radius 3 is 2.60 bits per heavy atom. The van der Waals surface area contributed by atoms with Crippen molar-refractivity contribution in [1.82, 2.24) is 5.32 Å². The van der Waals surface area contributed by atoms with Crippen molar-refractivity contribution < 1.29 is 4.42 Å². The Balaban J connectivity index is 2.04. The first-order chi connectivity index (χ1) is 9.69. The number of benzene rings is 2. The first-order valence-electron chi connectivity index (χ1n) is 6.64. The number of hydrogen-bond donors (Lipinski definition) is 1. The van der Waals surface area contributed by atoms with Crippen LogP contribution < -0.4 is 5.32 Å². The lowest BCUT2D eigenvalue weighted by Crippen LogP contribution is -2.12. The molecule has 3 aromatic rings. The van der Waals surface area contributed by atoms with Crippen LogP contribution in [0, 0.1) is 0 Å². The molecule has 1 atom stereocenters. The normalized spacial score (nSPS) is 12.8. The Morgan fingerprint density at radius 2 is 1.90 bits per heavy atom. The van der Waals surface area contributed by atoms with Crippen LogP contribution in [0.4, 0.5) is 0 Å². The summed E-state index contributed by atoms with van der Waals surface area (Å²) < 4.78 is 5.86. The topological polar surface area (TPSA) is 25.2 Å². The van der Waals surface area contributed by atoms with Gasteiger partial charge in [0.15, 0.2) is 0 Å². The van der Waals surface area contributed by atoms with E-state index in [1.807, 2.05) is 55.6 Å². The third-order valence-corrected chi connectivity index (χ3v) is 3.94. The molecule has 1 unspecified atom stereocenters. The molecule has 0 spiro atoms. The fourth-order valence-electron chi connectivity index (χ4n) is 2.31. The van der Waals surface area contributed by atoms with E-state index >= 15 is 0 Å². The zero-order chi connectivity index (χ0) is 14.1. The van der Waals surface area contributed by atoms with Gasteiger partial charge < -0.3 is 9.73 Å². The molecule has 2 nitrogen and oxygen atoms in total. The van der Waals surface area contributed by atoms with Crippen LogP contribution in [0.5, 0.6) is 0 Å². The van der Waals surface area contributed by atoms with Crippen LogP contribution in [0.25, 0.3) is 22.3 Å². The SMILES string of the molecule is CNC(C)c1ccc(-c2cc3ccccc3o2)cc1Cl. The largest absolute Gasteiger partial charge is 0.456 e. The summed E-state index contributed by atoms with van der Waals surface area (Å²) in [6.07, 6.45) is 0. The summed E-state index contributed by atoms with van der Waals surface area (Å²) in [7, 11) is 1.92. The van der Waals surface area contributed by atoms with Crippen molar-refractivity contribution in [3.8, 4) is 11.3 Å². The van der Waals surface area contributed by atoms with Gasteiger partial charge in [-0.05, 0) is 37.7 Å². The molecule has 0 saturated carbocycles. The van der Waals surface area contributed by atoms with Gasteiger partial charge in [0, 0.05) is 22.0 Å². The van der Waals surface area contributed by atoms with Gasteiger partial charge in [-0.3, -0.25) is 0 Å². The second-order valence-electron chi connectivity index (χ2n) is 4.90. The second kappa shape index (κ2) is 5.31. The third kappa shape index (κ3) is 2.33. The first-order valence-corrected chi connectivity index (χ1v) is 7.02. The van der Waals surface area contributed by atoms with Crippen LogP contribution in [-0.2, 0) is 0 Å². The maximum Gasteiger partial charge on any atom is 0.135 e. The highest BCUT2D eigenvalue weighted by molar-refractivity contribution is 6.31. The summed E-state index contributed by atoms with van der Waals surface area (Å²) in [5.41, 5.74) is 2.98. The van der Waals surface area contributed by atoms with Crippen LogP contribution in [0.15, 0.2) is 52.9 Å². The van der Waals surface area contributed by atoms with E-state index in [0.29, 0.717) is 0 Å². The maximum absolute atomic E-state index is 6.37. The molecular weight excluding hydrogens is 270 g/mol. The molecule has 0 radical (unpaired) electrons. The smallest absolute Gasteiger partial charge is 0.135 e. The lowest BCUT2D eigenvalue weighted by Gasteiger charge is -2.13. The molecule has 3 rings (SSSR count). The Bertz CT molecular complexity index is 715. The highest BCUT2D eigenvalue weighted by Gasteiger charge is 2.11. The molecular formula is C17H16ClNO. The summed E-state index contributed by atoms with van der Waals surface area (Å²) >= 11 is 6.37. The molecule has 1 aromatic heterocycles. The summed E-state index contributed by atoms with van der Waals surface area (Å²) in [5, 5.41) is 5.05. The third-order valence-electron chi connectivity index (χ3n) is 3.61. The van der Waals surface area contributed by atoms with Crippen molar-refractivity contribution in [3.63, 3.8) is 0 Å². The average molecular weight is 286 g/mol. The van der Waals surface area contributed by atoms with E-state index in [-0.39, 0.29) is 6.04 Å². The van der Waals surface area contributed by atoms with Gasteiger partial charge >= 0.3 is 0 Å². The number of para-hydroxylation sites is 1. The molecule has 1 N–H and O–H groups in total. The van der Waals surface area contributed by atoms with Gasteiger partial charge in [0.1, 0.15) is 11.3 Å². The lowest BCUT2D eigenvalue weighted by molar-refractivity contribution is 0.630. The molecule has 0 amide bonds. The van der Waals surface area contributed by atoms with Gasteiger partial charge in [-0.2, -0.15) is 0 Å². The molecule has 102 valence electrons. The second-order valence-corrected chi connectivity index (χ2v) is 5.30. The van der Waals surface area contributed by atoms with Crippen LogP contribution in [-0.4, -0.2) is 7.05 Å². The van der Waals surface area contributed by atoms with E-state index in [4.69, 9.17) is 16.0 Å². The molecule has 0 aliphatic carbocycles. The van der Waals surface area contributed by atoms with Crippen LogP contribution >= 0.6 is 11.6 Å². The molecule has 3 heteroatoms. The zero-order valence-corrected chi connectivity index (χ0v) is 12.2. The molecule has 0 fully saturated rings. The Kier molecular flexibility index (Phi) is 3.51. The highest BCUT2D eigenvalue weighted by atomic mass is 35.5. The number of rotatable bonds is 3. The standard InChI is InChI=1S/C17H16ClNO/c1-11(19-2)14-8-7-13(9-15(14)18)17-10-12-5-3-4-6-16(12)20-17/h3-11,19H,1-2H3. The average Bonchev–Trinajstić information content (AvgIpc) is 2.90. The van der Waals surface area contributed by atoms with Gasteiger partial charge in [-0.15, -0.1) is 0 Å². The molecule has 0 aliphatic heterocycles. The predicted molar refractivity (Wildman–Crippen MR) is 84.1 cm³/mol. The molecule has 0 aliphatic rings. The maximum atomic E-state index is 6.37. The van der Waals surface area contributed by atoms with E-state index in [0.717, 1.165) is 32.9 Å². The number of halogens is 1. The van der Waals surface area contributed by atoms with Crippen molar-refractivity contribution in [2.24, 2.45) is 0 Å². The molecule has 0 bridgehead atoms. The predicted octanol–water partition coefficient (Wildman–Crippen LogP) is 5.03. The highest BCUT2D eigenvalue weighted by Crippen LogP contribution is 2.32. The minimum absolute atomic E-state index is 0.229. The minimum atomic E-state index is 0.229. The summed E-state index contributed by atoms with van der Waals surface area (Å²) in [6, 6.07) is 16.3. The van der Waals surface area contributed by atoms with Crippen LogP contribution in [0.3, 0.4) is 0 Å². The quantitative estimate of drug-likeness (QED) is 0.730. The number of fused-ring (bicyclic) bond motifs is 1. The van der Waals surface area contributed by atoms with Crippen LogP contribution in [0.1, 0.15) is 18.5 Å². The number of nitrogens with one attached hydrogen (secondary N) is 1. The van der Waals surface area contributed by atoms with Gasteiger partial charge in [0.25, 0.3) is 0 Å². The van der Waals surface area contributed by atoms with Crippen molar-refractivity contribution in [3.05, 3.63) is 59.1 Å². The summed E-state index contributed by atoms with van der Waals surface area (Å²) in [4.78, 5) is 0. The fourth-order valence-corrected chi connectivity index (χ4v) is 2.66. The van der Waals surface area contributed by atoms with E-state index in [1.54, 1.807) is 0 Å². The fraction of sp³-hybridized carbons (Fsp3) is 0.176. The Labute approximate surface area is 123 Å². The van der Waals surface area contributed by atoms with E-state index in [1.165, 1.54) is 0 Å². The Morgan fingerprint density at radius 1 is 1.10 bits per heavy atom. The van der Waals surface area contributed by atoms with E-state index in [9.17, 15) is 0 Å². The molecule has 1 heterocycles. The van der Waals surface area contributed by atoms with Crippen molar-refractivity contribution in [2.75, 3.05) is 7.05 Å². The number of hydrogen-bond acceptors (Lipinski definition) is 2. The van der Waals surface area contributed by atoms with Crippen molar-refractivity contribution >= 4 is 22.6 Å². The Hall–Kier alpha value is -1.77. The first kappa shape index (κ1) is 13.2. The van der Waals surface area contributed by atoms with E-state index < -0.39 is 0 Å². The van der Waals surface area contributed by atoms with Gasteiger partial charge in [-0.25, -0.2) is 0 Å². The van der Waals surface area contributed by atoms with Crippen molar-refractivity contribution in [2.45, 2.75) is 13.0 Å². The van der Waals surface area contributed by atoms with E-state index in [2.05, 4.69) is 12.2 Å². The summed E-state index contributed by atoms with van der Waals surface area (Å²) in [5.74, 6) is 0.844. The number of furan rings is 1. The zero-order valence-electron chi connectivity index (χ0n) is 11.5. The van der Waals surface area contributed by atoms with Gasteiger partial charge in [0.2, 0.25) is 0 Å². The summed E-state index contributed by atoms with van der Waals surface area (Å²) in [6.45, 7) is 2.09. The van der Waals surface area contributed by atoms with Gasteiger partial charge in [0.05, 0.1) is 0 Å². The van der Waals surface area contributed by atoms with Crippen LogP contribution in [0.2, 0.25) is 5.02 Å².